The van der Waals surface area contributed by atoms with Gasteiger partial charge in [0.25, 0.3) is 10.0 Å². The van der Waals surface area contributed by atoms with Gasteiger partial charge in [0.15, 0.2) is 8.32 Å². The van der Waals surface area contributed by atoms with Crippen LogP contribution >= 0.6 is 0 Å². The number of sulfonamides is 1. The lowest BCUT2D eigenvalue weighted by atomic mass is 10.1. The summed E-state index contributed by atoms with van der Waals surface area (Å²) in [5.74, 6) is 0.413. The van der Waals surface area contributed by atoms with Gasteiger partial charge in [-0.2, -0.15) is 9.78 Å². The first-order valence-electron chi connectivity index (χ1n) is 17.0. The molecule has 0 radical (unpaired) electrons. The van der Waals surface area contributed by atoms with Crippen LogP contribution in [0.4, 0.5) is 21.0 Å². The van der Waals surface area contributed by atoms with E-state index in [9.17, 15) is 23.1 Å². The molecule has 15 heteroatoms. The predicted molar refractivity (Wildman–Crippen MR) is 200 cm³/mol. The Hall–Kier alpha value is -4.60. The molecular weight excluding hydrogens is 691 g/mol. The van der Waals surface area contributed by atoms with Gasteiger partial charge in [0.2, 0.25) is 0 Å². The number of benzene rings is 3. The summed E-state index contributed by atoms with van der Waals surface area (Å²) >= 11 is 0. The first-order valence-corrected chi connectivity index (χ1v) is 21.0. The minimum Gasteiger partial charge on any atom is -0.492 e. The summed E-state index contributed by atoms with van der Waals surface area (Å²) in [6, 6.07) is 20.7. The maximum Gasteiger partial charge on any atom is 0.432 e. The van der Waals surface area contributed by atoms with Gasteiger partial charge >= 0.3 is 12.2 Å². The number of nitrogens with two attached hydrogens (primary N) is 1. The lowest BCUT2D eigenvalue weighted by molar-refractivity contribution is 0.0131. The second-order valence-electron chi connectivity index (χ2n) is 13.4. The van der Waals surface area contributed by atoms with Crippen LogP contribution in [0.2, 0.25) is 18.1 Å². The number of anilines is 2. The van der Waals surface area contributed by atoms with Gasteiger partial charge in [-0.3, -0.25) is 4.72 Å². The highest BCUT2D eigenvalue weighted by molar-refractivity contribution is 7.92. The van der Waals surface area contributed by atoms with Crippen molar-refractivity contribution in [3.63, 3.8) is 0 Å². The van der Waals surface area contributed by atoms with Gasteiger partial charge in [-0.25, -0.2) is 18.0 Å². The number of aromatic nitrogens is 2. The van der Waals surface area contributed by atoms with E-state index in [4.69, 9.17) is 19.6 Å². The normalized spacial score (nSPS) is 12.8. The molecule has 4 N–H and O–H groups in total. The van der Waals surface area contributed by atoms with Gasteiger partial charge < -0.3 is 29.6 Å². The molecule has 0 spiro atoms. The number of fused-ring (bicyclic) bond motifs is 1. The second-order valence-corrected chi connectivity index (χ2v) is 19.8. The molecule has 51 heavy (non-hydrogen) atoms. The van der Waals surface area contributed by atoms with Crippen molar-refractivity contribution >= 4 is 52.8 Å². The number of nitrogens with zero attached hydrogens (tertiary/aromatic N) is 3. The van der Waals surface area contributed by atoms with Crippen LogP contribution in [0.25, 0.3) is 10.9 Å². The van der Waals surface area contributed by atoms with E-state index >= 15 is 0 Å². The van der Waals surface area contributed by atoms with Crippen LogP contribution in [-0.4, -0.2) is 74.0 Å². The zero-order valence-corrected chi connectivity index (χ0v) is 32.1. The molecule has 1 aromatic heterocycles. The Morgan fingerprint density at radius 2 is 1.71 bits per heavy atom. The highest BCUT2D eigenvalue weighted by Gasteiger charge is 2.35. The molecule has 0 aliphatic rings. The molecule has 13 nitrogen and oxygen atoms in total. The summed E-state index contributed by atoms with van der Waals surface area (Å²) < 4.78 is 48.9. The molecule has 0 bridgehead atoms. The fourth-order valence-electron chi connectivity index (χ4n) is 5.75. The molecule has 4 aromatic rings. The van der Waals surface area contributed by atoms with Crippen LogP contribution in [0.3, 0.4) is 0 Å². The SMILES string of the molecule is CC[Si](CC)(CC)OC(CN(CCOc1ccc2c(C)nn(C(=O)O)c2c1)C(=O)OC(C)(C)C)c1cccc(NS(=O)(=O)c2cccc(N)c2)c1. The van der Waals surface area contributed by atoms with Gasteiger partial charge in [-0.1, -0.05) is 39.0 Å². The van der Waals surface area contributed by atoms with Crippen molar-refractivity contribution in [1.29, 1.82) is 0 Å². The summed E-state index contributed by atoms with van der Waals surface area (Å²) in [7, 11) is -6.22. The van der Waals surface area contributed by atoms with Crippen molar-refractivity contribution in [2.75, 3.05) is 30.2 Å². The molecule has 1 atom stereocenters. The number of amides is 1. The first kappa shape index (κ1) is 39.2. The molecule has 0 fully saturated rings. The fourth-order valence-corrected chi connectivity index (χ4v) is 9.67. The maximum atomic E-state index is 13.7. The Morgan fingerprint density at radius 3 is 2.33 bits per heavy atom. The van der Waals surface area contributed by atoms with Crippen LogP contribution in [0.1, 0.15) is 58.9 Å². The predicted octanol–water partition coefficient (Wildman–Crippen LogP) is 7.63. The molecule has 4 rings (SSSR count). The van der Waals surface area contributed by atoms with Crippen molar-refractivity contribution < 1.29 is 37.0 Å². The van der Waals surface area contributed by atoms with Crippen molar-refractivity contribution in [3.05, 3.63) is 78.0 Å². The van der Waals surface area contributed by atoms with Crippen LogP contribution in [0, 0.1) is 6.92 Å². The molecule has 3 aromatic carbocycles. The van der Waals surface area contributed by atoms with E-state index in [1.807, 2.05) is 6.07 Å². The fraction of sp³-hybridized carbons (Fsp3) is 0.417. The minimum absolute atomic E-state index is 0.0351. The number of carbonyl (C=O) groups is 2. The molecule has 0 aliphatic carbocycles. The Bertz CT molecular complexity index is 1950. The summed E-state index contributed by atoms with van der Waals surface area (Å²) in [4.78, 5) is 27.0. The van der Waals surface area contributed by atoms with E-state index in [-0.39, 0.29) is 24.6 Å². The zero-order valence-electron chi connectivity index (χ0n) is 30.3. The molecule has 0 saturated heterocycles. The summed E-state index contributed by atoms with van der Waals surface area (Å²) in [5, 5.41) is 14.4. The highest BCUT2D eigenvalue weighted by Crippen LogP contribution is 2.33. The van der Waals surface area contributed by atoms with Gasteiger partial charge in [0.05, 0.1) is 35.3 Å². The number of hydrogen-bond donors (Lipinski definition) is 3. The zero-order chi connectivity index (χ0) is 37.6. The third kappa shape index (κ3) is 10.0. The third-order valence-corrected chi connectivity index (χ3v) is 14.7. The van der Waals surface area contributed by atoms with Crippen molar-refractivity contribution in [3.8, 4) is 5.75 Å². The van der Waals surface area contributed by atoms with Crippen LogP contribution in [0.15, 0.2) is 71.6 Å². The lowest BCUT2D eigenvalue weighted by Crippen LogP contribution is -2.45. The largest absolute Gasteiger partial charge is 0.492 e. The standard InChI is InChI=1S/C36H49N5O8SSi/c1-8-51(9-2,10-3)49-33(26-13-11-15-28(21-26)39-50(45,46)30-16-12-14-27(37)22-30)24-40(35(44)48-36(5,6)7)19-20-47-29-17-18-31-25(4)38-41(34(42)43)32(31)23-29/h11-18,21-23,33,39H,8-10,19-20,24,37H2,1-7H3,(H,42,43). The van der Waals surface area contributed by atoms with Crippen LogP contribution in [-0.2, 0) is 19.2 Å². The average Bonchev–Trinajstić information content (AvgIpc) is 3.41. The Balaban J connectivity index is 1.65. The molecule has 0 saturated carbocycles. The molecule has 1 amide bonds. The highest BCUT2D eigenvalue weighted by atomic mass is 32.2. The molecule has 0 aliphatic heterocycles. The number of aryl methyl sites for hydroxylation is 1. The van der Waals surface area contributed by atoms with Crippen molar-refractivity contribution in [2.24, 2.45) is 0 Å². The van der Waals surface area contributed by atoms with E-state index in [0.717, 1.165) is 22.8 Å². The van der Waals surface area contributed by atoms with E-state index in [1.165, 1.54) is 17.0 Å². The number of carboxylic acid groups (broad SMARTS) is 1. The molecule has 1 unspecified atom stereocenters. The van der Waals surface area contributed by atoms with E-state index in [0.29, 0.717) is 39.3 Å². The van der Waals surface area contributed by atoms with Gasteiger partial charge in [-0.05, 0) is 93.9 Å². The summed E-state index contributed by atoms with van der Waals surface area (Å²) in [6.07, 6.45) is -2.39. The Kier molecular flexibility index (Phi) is 12.4. The second kappa shape index (κ2) is 16.2. The van der Waals surface area contributed by atoms with E-state index in [2.05, 4.69) is 30.6 Å². The molecule has 1 heterocycles. The number of hydrogen-bond acceptors (Lipinski definition) is 9. The topological polar surface area (TPSA) is 175 Å². The monoisotopic (exact) mass is 739 g/mol. The van der Waals surface area contributed by atoms with Gasteiger partial charge in [0.1, 0.15) is 18.0 Å². The van der Waals surface area contributed by atoms with Crippen molar-refractivity contribution in [2.45, 2.75) is 83.2 Å². The Labute approximate surface area is 300 Å². The summed E-state index contributed by atoms with van der Waals surface area (Å²) in [6.45, 7) is 13.7. The quantitative estimate of drug-likeness (QED) is 0.0812. The lowest BCUT2D eigenvalue weighted by Gasteiger charge is -2.36. The minimum atomic E-state index is -3.94. The van der Waals surface area contributed by atoms with Crippen molar-refractivity contribution in [1.82, 2.24) is 14.7 Å². The number of ether oxygens (including phenoxy) is 2. The number of nitrogens with one attached hydrogen (secondary N) is 1. The number of carbonyl (C=O) groups excluding carboxylic acids is 1. The smallest absolute Gasteiger partial charge is 0.432 e. The molecule has 276 valence electrons. The number of nitrogen functional groups attached to an aromatic ring is 1. The summed E-state index contributed by atoms with van der Waals surface area (Å²) in [5.41, 5.74) is 7.38. The van der Waals surface area contributed by atoms with Gasteiger partial charge in [-0.15, -0.1) is 0 Å². The van der Waals surface area contributed by atoms with E-state index < -0.39 is 42.2 Å². The number of rotatable bonds is 15. The maximum absolute atomic E-state index is 13.7. The molecular formula is C36H49N5O8SSi. The van der Waals surface area contributed by atoms with Crippen LogP contribution < -0.4 is 15.2 Å². The van der Waals surface area contributed by atoms with Gasteiger partial charge in [0, 0.05) is 22.8 Å². The van der Waals surface area contributed by atoms with Crippen LogP contribution in [0.5, 0.6) is 5.75 Å². The third-order valence-electron chi connectivity index (χ3n) is 8.69. The average molecular weight is 740 g/mol. The first-order chi connectivity index (χ1) is 24.0. The van der Waals surface area contributed by atoms with E-state index in [1.54, 1.807) is 76.2 Å². The Morgan fingerprint density at radius 1 is 1.02 bits per heavy atom.